The van der Waals surface area contributed by atoms with Gasteiger partial charge in [-0.3, -0.25) is 0 Å². The highest BCUT2D eigenvalue weighted by molar-refractivity contribution is 7.09. The first kappa shape index (κ1) is 12.8. The van der Waals surface area contributed by atoms with E-state index in [1.54, 1.807) is 12.1 Å². The van der Waals surface area contributed by atoms with Crippen LogP contribution in [0.1, 0.15) is 36.6 Å². The lowest BCUT2D eigenvalue weighted by atomic mass is 10.00. The Labute approximate surface area is 127 Å². The summed E-state index contributed by atoms with van der Waals surface area (Å²) in [5.74, 6) is 1.99. The average Bonchev–Trinajstić information content (AvgIpc) is 3.26. The van der Waals surface area contributed by atoms with Crippen molar-refractivity contribution in [2.24, 2.45) is 0 Å². The molecule has 1 aliphatic heterocycles. The van der Waals surface area contributed by atoms with Crippen LogP contribution in [0.25, 0.3) is 5.57 Å². The molecule has 0 spiro atoms. The minimum absolute atomic E-state index is 0.318. The standard InChI is InChI=1S/C16H17N3OS/c20-14-5-3-11(4-6-14)12-7-9-19(10-8-12)16-17-15(18-21-16)13-1-2-13/h3-7,13,20H,1-2,8-10H2. The summed E-state index contributed by atoms with van der Waals surface area (Å²) in [6.07, 6.45) is 5.76. The lowest BCUT2D eigenvalue weighted by molar-refractivity contribution is 0.475. The van der Waals surface area contributed by atoms with E-state index in [9.17, 15) is 5.11 Å². The molecule has 4 rings (SSSR count). The second-order valence-electron chi connectivity index (χ2n) is 5.68. The second kappa shape index (κ2) is 5.15. The van der Waals surface area contributed by atoms with E-state index in [4.69, 9.17) is 0 Å². The van der Waals surface area contributed by atoms with E-state index < -0.39 is 0 Å². The number of aromatic hydroxyl groups is 1. The van der Waals surface area contributed by atoms with Crippen LogP contribution in [0.5, 0.6) is 5.75 Å². The number of anilines is 1. The molecule has 1 fully saturated rings. The number of rotatable bonds is 3. The maximum absolute atomic E-state index is 9.36. The van der Waals surface area contributed by atoms with Crippen molar-refractivity contribution in [2.75, 3.05) is 18.0 Å². The molecule has 0 unspecified atom stereocenters. The van der Waals surface area contributed by atoms with Gasteiger partial charge in [0, 0.05) is 30.5 Å². The van der Waals surface area contributed by atoms with E-state index in [0.717, 1.165) is 30.5 Å². The quantitative estimate of drug-likeness (QED) is 0.943. The van der Waals surface area contributed by atoms with Gasteiger partial charge in [-0.2, -0.15) is 4.37 Å². The summed E-state index contributed by atoms with van der Waals surface area (Å²) < 4.78 is 4.48. The van der Waals surface area contributed by atoms with E-state index in [1.807, 2.05) is 12.1 Å². The fourth-order valence-corrected chi connectivity index (χ4v) is 3.42. The zero-order valence-corrected chi connectivity index (χ0v) is 12.5. The predicted molar refractivity (Wildman–Crippen MR) is 84.8 cm³/mol. The molecule has 1 saturated carbocycles. The molecular weight excluding hydrogens is 282 g/mol. The predicted octanol–water partition coefficient (Wildman–Crippen LogP) is 3.41. The van der Waals surface area contributed by atoms with Gasteiger partial charge in [0.2, 0.25) is 5.13 Å². The average molecular weight is 299 g/mol. The SMILES string of the molecule is Oc1ccc(C2=CCN(c3nc(C4CC4)ns3)CC2)cc1. The van der Waals surface area contributed by atoms with E-state index >= 15 is 0 Å². The summed E-state index contributed by atoms with van der Waals surface area (Å²) in [6.45, 7) is 1.86. The van der Waals surface area contributed by atoms with Gasteiger partial charge in [0.25, 0.3) is 0 Å². The molecular formula is C16H17N3OS. The van der Waals surface area contributed by atoms with Crippen molar-refractivity contribution in [3.8, 4) is 5.75 Å². The Bertz CT molecular complexity index is 673. The third-order valence-electron chi connectivity index (χ3n) is 4.09. The van der Waals surface area contributed by atoms with Crippen LogP contribution >= 0.6 is 11.5 Å². The van der Waals surface area contributed by atoms with Gasteiger partial charge in [-0.15, -0.1) is 0 Å². The largest absolute Gasteiger partial charge is 0.508 e. The summed E-state index contributed by atoms with van der Waals surface area (Å²) in [6, 6.07) is 7.45. The number of phenols is 1. The van der Waals surface area contributed by atoms with Crippen LogP contribution in [0.3, 0.4) is 0 Å². The van der Waals surface area contributed by atoms with Crippen LogP contribution in [0.2, 0.25) is 0 Å². The smallest absolute Gasteiger partial charge is 0.205 e. The summed E-state index contributed by atoms with van der Waals surface area (Å²) in [7, 11) is 0. The molecule has 2 heterocycles. The summed E-state index contributed by atoms with van der Waals surface area (Å²) in [5.41, 5.74) is 2.54. The van der Waals surface area contributed by atoms with Gasteiger partial charge in [-0.25, -0.2) is 4.98 Å². The first-order valence-electron chi connectivity index (χ1n) is 7.36. The molecule has 1 aliphatic carbocycles. The summed E-state index contributed by atoms with van der Waals surface area (Å²) in [5, 5.41) is 10.4. The molecule has 5 heteroatoms. The highest BCUT2D eigenvalue weighted by atomic mass is 32.1. The van der Waals surface area contributed by atoms with E-state index in [-0.39, 0.29) is 0 Å². The molecule has 0 amide bonds. The molecule has 108 valence electrons. The van der Waals surface area contributed by atoms with Crippen molar-refractivity contribution in [3.63, 3.8) is 0 Å². The van der Waals surface area contributed by atoms with E-state index in [1.165, 1.54) is 35.5 Å². The first-order chi connectivity index (χ1) is 10.3. The molecule has 21 heavy (non-hydrogen) atoms. The minimum atomic E-state index is 0.318. The third kappa shape index (κ3) is 2.65. The fraction of sp³-hybridized carbons (Fsp3) is 0.375. The number of hydrogen-bond donors (Lipinski definition) is 1. The van der Waals surface area contributed by atoms with Crippen LogP contribution in [0.4, 0.5) is 5.13 Å². The molecule has 0 atom stereocenters. The Balaban J connectivity index is 1.48. The molecule has 0 bridgehead atoms. The fourth-order valence-electron chi connectivity index (χ4n) is 2.64. The molecule has 4 nitrogen and oxygen atoms in total. The third-order valence-corrected chi connectivity index (χ3v) is 4.88. The topological polar surface area (TPSA) is 49.2 Å². The van der Waals surface area contributed by atoms with Gasteiger partial charge in [-0.1, -0.05) is 18.2 Å². The van der Waals surface area contributed by atoms with Crippen LogP contribution < -0.4 is 4.90 Å². The highest BCUT2D eigenvalue weighted by Crippen LogP contribution is 2.40. The monoisotopic (exact) mass is 299 g/mol. The van der Waals surface area contributed by atoms with Crippen LogP contribution in [0.15, 0.2) is 30.3 Å². The van der Waals surface area contributed by atoms with Crippen molar-refractivity contribution >= 4 is 22.2 Å². The first-order valence-corrected chi connectivity index (χ1v) is 8.14. The Morgan fingerprint density at radius 1 is 1.19 bits per heavy atom. The lowest BCUT2D eigenvalue weighted by Crippen LogP contribution is -2.28. The molecule has 2 aromatic rings. The normalized spacial score (nSPS) is 18.7. The zero-order chi connectivity index (χ0) is 14.2. The van der Waals surface area contributed by atoms with Crippen molar-refractivity contribution in [1.82, 2.24) is 9.36 Å². The summed E-state index contributed by atoms with van der Waals surface area (Å²) >= 11 is 1.53. The van der Waals surface area contributed by atoms with Crippen LogP contribution in [0, 0.1) is 0 Å². The van der Waals surface area contributed by atoms with Gasteiger partial charge in [0.05, 0.1) is 0 Å². The van der Waals surface area contributed by atoms with Crippen LogP contribution in [-0.2, 0) is 0 Å². The highest BCUT2D eigenvalue weighted by Gasteiger charge is 2.28. The molecule has 0 saturated heterocycles. The van der Waals surface area contributed by atoms with Crippen molar-refractivity contribution in [3.05, 3.63) is 41.7 Å². The van der Waals surface area contributed by atoms with Crippen LogP contribution in [-0.4, -0.2) is 27.6 Å². The van der Waals surface area contributed by atoms with Crippen molar-refractivity contribution < 1.29 is 5.11 Å². The Morgan fingerprint density at radius 3 is 2.67 bits per heavy atom. The Hall–Kier alpha value is -1.88. The van der Waals surface area contributed by atoms with E-state index in [2.05, 4.69) is 20.3 Å². The minimum Gasteiger partial charge on any atom is -0.508 e. The number of benzene rings is 1. The number of phenolic OH excluding ortho intramolecular Hbond substituents is 1. The van der Waals surface area contributed by atoms with Gasteiger partial charge in [0.15, 0.2) is 0 Å². The second-order valence-corrected chi connectivity index (χ2v) is 6.41. The maximum atomic E-state index is 9.36. The number of nitrogens with zero attached hydrogens (tertiary/aromatic N) is 3. The lowest BCUT2D eigenvalue weighted by Gasteiger charge is -2.25. The van der Waals surface area contributed by atoms with Gasteiger partial charge in [0.1, 0.15) is 11.6 Å². The number of hydrogen-bond acceptors (Lipinski definition) is 5. The molecule has 2 aliphatic rings. The zero-order valence-electron chi connectivity index (χ0n) is 11.7. The van der Waals surface area contributed by atoms with Gasteiger partial charge < -0.3 is 10.0 Å². The Morgan fingerprint density at radius 2 is 2.00 bits per heavy atom. The van der Waals surface area contributed by atoms with Gasteiger partial charge >= 0.3 is 0 Å². The molecule has 1 N–H and O–H groups in total. The molecule has 1 aromatic heterocycles. The van der Waals surface area contributed by atoms with Crippen molar-refractivity contribution in [1.29, 1.82) is 0 Å². The maximum Gasteiger partial charge on any atom is 0.205 e. The number of aromatic nitrogens is 2. The van der Waals surface area contributed by atoms with E-state index in [0.29, 0.717) is 11.7 Å². The Kier molecular flexibility index (Phi) is 3.15. The van der Waals surface area contributed by atoms with Gasteiger partial charge in [-0.05, 0) is 42.5 Å². The molecule has 0 radical (unpaired) electrons. The summed E-state index contributed by atoms with van der Waals surface area (Å²) in [4.78, 5) is 6.98. The molecule has 1 aromatic carbocycles. The van der Waals surface area contributed by atoms with Crippen molar-refractivity contribution in [2.45, 2.75) is 25.2 Å².